The molecule has 3 heterocycles. The Morgan fingerprint density at radius 2 is 2.10 bits per heavy atom. The molecule has 0 atom stereocenters. The van der Waals surface area contributed by atoms with Gasteiger partial charge >= 0.3 is 0 Å². The minimum absolute atomic E-state index is 0.430. The summed E-state index contributed by atoms with van der Waals surface area (Å²) in [5, 5.41) is 13.1. The Bertz CT molecular complexity index is 922. The molecule has 0 fully saturated rings. The van der Waals surface area contributed by atoms with Crippen LogP contribution in [0.3, 0.4) is 0 Å². The van der Waals surface area contributed by atoms with Gasteiger partial charge in [-0.3, -0.25) is 4.68 Å². The summed E-state index contributed by atoms with van der Waals surface area (Å²) in [6.45, 7) is 2.42. The zero-order valence-electron chi connectivity index (χ0n) is 11.3. The minimum atomic E-state index is 0.430. The van der Waals surface area contributed by atoms with Gasteiger partial charge in [0.2, 0.25) is 5.65 Å². The topological polar surface area (TPSA) is 95.6 Å². The number of anilines is 1. The average Bonchev–Trinajstić information content (AvgIpc) is 3.09. The van der Waals surface area contributed by atoms with Crippen molar-refractivity contribution in [1.29, 1.82) is 0 Å². The van der Waals surface area contributed by atoms with Gasteiger partial charge in [0.05, 0.1) is 17.7 Å². The number of aromatic nitrogens is 5. The second-order valence-electron chi connectivity index (χ2n) is 4.91. The quantitative estimate of drug-likeness (QED) is 0.602. The number of nitrogens with zero attached hydrogens (tertiary/aromatic N) is 5. The van der Waals surface area contributed by atoms with Crippen LogP contribution in [0.5, 0.6) is 0 Å². The normalized spacial score (nSPS) is 11.5. The number of hydrogen-bond acceptors (Lipinski definition) is 6. The van der Waals surface area contributed by atoms with Crippen LogP contribution in [0.1, 0.15) is 11.3 Å². The predicted molar refractivity (Wildman–Crippen MR) is 77.6 cm³/mol. The summed E-state index contributed by atoms with van der Waals surface area (Å²) in [5.41, 5.74) is 10.3. The lowest BCUT2D eigenvalue weighted by Gasteiger charge is -2.08. The van der Waals surface area contributed by atoms with Crippen molar-refractivity contribution >= 4 is 27.8 Å². The highest BCUT2D eigenvalue weighted by Crippen LogP contribution is 2.24. The lowest BCUT2D eigenvalue weighted by Crippen LogP contribution is -2.07. The standard InChI is InChI=1S/C14H12N6O/c1-8-10(12(15)13-14(16-8)19-21-18-13)7-20-6-9-4-2-3-5-11(9)17-20/h2-6H,7,15H2,1H3. The van der Waals surface area contributed by atoms with Gasteiger partial charge in [0.25, 0.3) is 0 Å². The highest BCUT2D eigenvalue weighted by atomic mass is 16.6. The molecule has 0 aliphatic carbocycles. The van der Waals surface area contributed by atoms with E-state index in [-0.39, 0.29) is 0 Å². The third-order valence-electron chi connectivity index (χ3n) is 3.54. The van der Waals surface area contributed by atoms with E-state index >= 15 is 0 Å². The second-order valence-corrected chi connectivity index (χ2v) is 4.91. The lowest BCUT2D eigenvalue weighted by atomic mass is 10.1. The molecule has 7 heteroatoms. The van der Waals surface area contributed by atoms with Gasteiger partial charge in [-0.1, -0.05) is 18.2 Å². The third kappa shape index (κ3) is 1.82. The van der Waals surface area contributed by atoms with Crippen molar-refractivity contribution in [3.8, 4) is 0 Å². The van der Waals surface area contributed by atoms with Crippen LogP contribution in [0.15, 0.2) is 35.1 Å². The molecule has 4 rings (SSSR count). The monoisotopic (exact) mass is 280 g/mol. The van der Waals surface area contributed by atoms with Crippen LogP contribution >= 0.6 is 0 Å². The summed E-state index contributed by atoms with van der Waals surface area (Å²) in [6.07, 6.45) is 1.99. The van der Waals surface area contributed by atoms with Crippen molar-refractivity contribution in [2.75, 3.05) is 5.73 Å². The summed E-state index contributed by atoms with van der Waals surface area (Å²) in [5.74, 6) is 0. The fourth-order valence-corrected chi connectivity index (χ4v) is 2.45. The Morgan fingerprint density at radius 1 is 1.24 bits per heavy atom. The van der Waals surface area contributed by atoms with E-state index in [2.05, 4.69) is 25.0 Å². The maximum absolute atomic E-state index is 6.16. The SMILES string of the molecule is Cc1nc2nonc2c(N)c1Cn1cc2ccccc2n1. The maximum Gasteiger partial charge on any atom is 0.226 e. The highest BCUT2D eigenvalue weighted by molar-refractivity contribution is 5.85. The highest BCUT2D eigenvalue weighted by Gasteiger charge is 2.15. The van der Waals surface area contributed by atoms with E-state index in [0.29, 0.717) is 23.4 Å². The van der Waals surface area contributed by atoms with Gasteiger partial charge in [-0.05, 0) is 23.3 Å². The van der Waals surface area contributed by atoms with E-state index in [9.17, 15) is 0 Å². The molecule has 0 bridgehead atoms. The van der Waals surface area contributed by atoms with Crippen LogP contribution in [0.2, 0.25) is 0 Å². The van der Waals surface area contributed by atoms with Crippen LogP contribution < -0.4 is 5.73 Å². The van der Waals surface area contributed by atoms with Gasteiger partial charge in [-0.2, -0.15) is 5.10 Å². The molecule has 0 saturated carbocycles. The predicted octanol–water partition coefficient (Wildman–Crippen LogP) is 1.91. The molecule has 0 amide bonds. The first-order chi connectivity index (χ1) is 10.2. The zero-order chi connectivity index (χ0) is 14.4. The number of benzene rings is 1. The Labute approximate surface area is 119 Å². The largest absolute Gasteiger partial charge is 0.396 e. The molecular formula is C14H12N6O. The smallest absolute Gasteiger partial charge is 0.226 e. The molecule has 0 radical (unpaired) electrons. The molecular weight excluding hydrogens is 268 g/mol. The van der Waals surface area contributed by atoms with Crippen molar-refractivity contribution in [2.24, 2.45) is 0 Å². The van der Waals surface area contributed by atoms with Crippen molar-refractivity contribution in [2.45, 2.75) is 13.5 Å². The van der Waals surface area contributed by atoms with Gasteiger partial charge < -0.3 is 5.73 Å². The molecule has 7 nitrogen and oxygen atoms in total. The summed E-state index contributed by atoms with van der Waals surface area (Å²) >= 11 is 0. The molecule has 1 aromatic carbocycles. The second kappa shape index (κ2) is 4.27. The summed E-state index contributed by atoms with van der Waals surface area (Å²) in [7, 11) is 0. The van der Waals surface area contributed by atoms with Crippen molar-refractivity contribution in [1.82, 2.24) is 25.1 Å². The van der Waals surface area contributed by atoms with Crippen molar-refractivity contribution in [3.63, 3.8) is 0 Å². The molecule has 0 aliphatic rings. The molecule has 21 heavy (non-hydrogen) atoms. The number of nitrogen functional groups attached to an aromatic ring is 1. The lowest BCUT2D eigenvalue weighted by molar-refractivity contribution is 0.315. The molecule has 3 aromatic heterocycles. The molecule has 2 N–H and O–H groups in total. The van der Waals surface area contributed by atoms with Crippen LogP contribution in [-0.2, 0) is 6.54 Å². The van der Waals surface area contributed by atoms with Crippen LogP contribution in [0.4, 0.5) is 5.69 Å². The van der Waals surface area contributed by atoms with E-state index < -0.39 is 0 Å². The van der Waals surface area contributed by atoms with Gasteiger partial charge in [0.1, 0.15) is 0 Å². The fraction of sp³-hybridized carbons (Fsp3) is 0.143. The number of aryl methyl sites for hydroxylation is 1. The molecule has 0 spiro atoms. The van der Waals surface area contributed by atoms with Crippen LogP contribution in [-0.4, -0.2) is 25.1 Å². The molecule has 0 aliphatic heterocycles. The summed E-state index contributed by atoms with van der Waals surface area (Å²) in [4.78, 5) is 4.36. The van der Waals surface area contributed by atoms with E-state index in [1.807, 2.05) is 42.1 Å². The minimum Gasteiger partial charge on any atom is -0.396 e. The van der Waals surface area contributed by atoms with Gasteiger partial charge in [0.15, 0.2) is 5.52 Å². The number of hydrogen-bond donors (Lipinski definition) is 1. The van der Waals surface area contributed by atoms with E-state index in [0.717, 1.165) is 22.2 Å². The van der Waals surface area contributed by atoms with Gasteiger partial charge in [0, 0.05) is 22.8 Å². The fourth-order valence-electron chi connectivity index (χ4n) is 2.45. The van der Waals surface area contributed by atoms with Crippen LogP contribution in [0, 0.1) is 6.92 Å². The van der Waals surface area contributed by atoms with E-state index in [4.69, 9.17) is 5.73 Å². The molecule has 0 unspecified atom stereocenters. The van der Waals surface area contributed by atoms with E-state index in [1.54, 1.807) is 0 Å². The Morgan fingerprint density at radius 3 is 2.95 bits per heavy atom. The van der Waals surface area contributed by atoms with Crippen molar-refractivity contribution < 1.29 is 4.63 Å². The van der Waals surface area contributed by atoms with Gasteiger partial charge in [-0.15, -0.1) is 0 Å². The Hall–Kier alpha value is -2.96. The number of pyridine rings is 1. The van der Waals surface area contributed by atoms with Gasteiger partial charge in [-0.25, -0.2) is 9.61 Å². The molecule has 0 saturated heterocycles. The first-order valence-electron chi connectivity index (χ1n) is 6.52. The first kappa shape index (κ1) is 11.8. The Balaban J connectivity index is 1.83. The first-order valence-corrected chi connectivity index (χ1v) is 6.52. The van der Waals surface area contributed by atoms with E-state index in [1.165, 1.54) is 0 Å². The number of rotatable bonds is 2. The molecule has 104 valence electrons. The summed E-state index contributed by atoms with van der Waals surface area (Å²) in [6, 6.07) is 7.96. The third-order valence-corrected chi connectivity index (χ3v) is 3.54. The summed E-state index contributed by atoms with van der Waals surface area (Å²) < 4.78 is 6.54. The van der Waals surface area contributed by atoms with Crippen molar-refractivity contribution in [3.05, 3.63) is 41.7 Å². The zero-order valence-corrected chi connectivity index (χ0v) is 11.3. The number of nitrogens with two attached hydrogens (primary N) is 1. The maximum atomic E-state index is 6.16. The molecule has 4 aromatic rings. The van der Waals surface area contributed by atoms with Crippen LogP contribution in [0.25, 0.3) is 22.1 Å². The number of fused-ring (bicyclic) bond motifs is 2. The average molecular weight is 280 g/mol. The Kier molecular flexibility index (Phi) is 2.41.